The molecule has 0 unspecified atom stereocenters. The Labute approximate surface area is 153 Å². The highest BCUT2D eigenvalue weighted by atomic mass is 79.9. The minimum atomic E-state index is -0.196. The van der Waals surface area contributed by atoms with Crippen molar-refractivity contribution in [3.05, 3.63) is 50.3 Å². The van der Waals surface area contributed by atoms with Crippen molar-refractivity contribution in [1.29, 1.82) is 0 Å². The number of halogens is 1. The number of carbonyl (C=O) groups excluding carboxylic acids is 2. The van der Waals surface area contributed by atoms with Crippen LogP contribution >= 0.6 is 27.3 Å². The maximum atomic E-state index is 12.6. The fraction of sp³-hybridized carbons (Fsp3) is 0.333. The van der Waals surface area contributed by atoms with Gasteiger partial charge in [-0.15, -0.1) is 11.3 Å². The summed E-state index contributed by atoms with van der Waals surface area (Å²) < 4.78 is 0.851. The Morgan fingerprint density at radius 2 is 1.92 bits per heavy atom. The standard InChI is InChI=1S/C18H19BrN2O2S/c1-20-17(23)15-13-8-3-2-4-9-14(13)24-18(15)21-16(22)11-6-5-7-12(19)10-11/h5-7,10H,2-4,8-9H2,1H3,(H,20,23)(H,21,22). The number of thiophene rings is 1. The van der Waals surface area contributed by atoms with Crippen molar-refractivity contribution in [1.82, 2.24) is 5.32 Å². The molecule has 4 nitrogen and oxygen atoms in total. The topological polar surface area (TPSA) is 58.2 Å². The van der Waals surface area contributed by atoms with E-state index in [0.717, 1.165) is 35.7 Å². The largest absolute Gasteiger partial charge is 0.355 e. The summed E-state index contributed by atoms with van der Waals surface area (Å²) in [5.74, 6) is -0.322. The monoisotopic (exact) mass is 406 g/mol. The summed E-state index contributed by atoms with van der Waals surface area (Å²) in [6.45, 7) is 0. The Kier molecular flexibility index (Phi) is 5.36. The van der Waals surface area contributed by atoms with Crippen LogP contribution in [0, 0.1) is 0 Å². The fourth-order valence-corrected chi connectivity index (χ4v) is 4.68. The molecule has 126 valence electrons. The van der Waals surface area contributed by atoms with Crippen molar-refractivity contribution in [2.75, 3.05) is 12.4 Å². The van der Waals surface area contributed by atoms with Crippen LogP contribution in [0.3, 0.4) is 0 Å². The Morgan fingerprint density at radius 1 is 1.12 bits per heavy atom. The van der Waals surface area contributed by atoms with Crippen molar-refractivity contribution in [2.45, 2.75) is 32.1 Å². The van der Waals surface area contributed by atoms with Crippen molar-refractivity contribution in [2.24, 2.45) is 0 Å². The number of hydrogen-bond donors (Lipinski definition) is 2. The number of anilines is 1. The second-order valence-corrected chi connectivity index (χ2v) is 7.83. The third-order valence-corrected chi connectivity index (χ3v) is 5.89. The highest BCUT2D eigenvalue weighted by Crippen LogP contribution is 2.37. The van der Waals surface area contributed by atoms with Gasteiger partial charge in [0.05, 0.1) is 5.56 Å². The van der Waals surface area contributed by atoms with Crippen molar-refractivity contribution >= 4 is 44.1 Å². The highest BCUT2D eigenvalue weighted by molar-refractivity contribution is 9.10. The minimum absolute atomic E-state index is 0.126. The quantitative estimate of drug-likeness (QED) is 0.742. The van der Waals surface area contributed by atoms with Crippen LogP contribution in [0.5, 0.6) is 0 Å². The number of amides is 2. The Bertz CT molecular complexity index is 785. The van der Waals surface area contributed by atoms with Gasteiger partial charge >= 0.3 is 0 Å². The molecule has 24 heavy (non-hydrogen) atoms. The lowest BCUT2D eigenvalue weighted by Gasteiger charge is -2.08. The van der Waals surface area contributed by atoms with Gasteiger partial charge in [0, 0.05) is 22.0 Å². The molecule has 3 rings (SSSR count). The summed E-state index contributed by atoms with van der Waals surface area (Å²) in [5.41, 5.74) is 2.32. The number of fused-ring (bicyclic) bond motifs is 1. The first-order valence-corrected chi connectivity index (χ1v) is 9.64. The molecule has 0 spiro atoms. The summed E-state index contributed by atoms with van der Waals surface area (Å²) in [6.07, 6.45) is 5.30. The van der Waals surface area contributed by atoms with E-state index in [-0.39, 0.29) is 11.8 Å². The van der Waals surface area contributed by atoms with Crippen LogP contribution in [-0.2, 0) is 12.8 Å². The Morgan fingerprint density at radius 3 is 2.67 bits per heavy atom. The zero-order chi connectivity index (χ0) is 17.1. The summed E-state index contributed by atoms with van der Waals surface area (Å²) >= 11 is 4.92. The van der Waals surface area contributed by atoms with Gasteiger partial charge in [-0.05, 0) is 49.4 Å². The SMILES string of the molecule is CNC(=O)c1c(NC(=O)c2cccc(Br)c2)sc2c1CCCCC2. The van der Waals surface area contributed by atoms with Gasteiger partial charge in [-0.2, -0.15) is 0 Å². The van der Waals surface area contributed by atoms with Crippen LogP contribution in [0.25, 0.3) is 0 Å². The molecule has 1 aromatic carbocycles. The summed E-state index contributed by atoms with van der Waals surface area (Å²) in [7, 11) is 1.63. The maximum Gasteiger partial charge on any atom is 0.256 e. The zero-order valence-electron chi connectivity index (χ0n) is 13.4. The molecule has 6 heteroatoms. The number of carbonyl (C=O) groups is 2. The fourth-order valence-electron chi connectivity index (χ4n) is 3.00. The van der Waals surface area contributed by atoms with Gasteiger partial charge in [0.2, 0.25) is 0 Å². The number of nitrogens with one attached hydrogen (secondary N) is 2. The van der Waals surface area contributed by atoms with Gasteiger partial charge < -0.3 is 10.6 Å². The molecule has 0 bridgehead atoms. The molecule has 0 aliphatic heterocycles. The van der Waals surface area contributed by atoms with Gasteiger partial charge in [0.15, 0.2) is 0 Å². The van der Waals surface area contributed by atoms with Crippen molar-refractivity contribution in [3.8, 4) is 0 Å². The summed E-state index contributed by atoms with van der Waals surface area (Å²) in [6, 6.07) is 7.23. The molecule has 0 atom stereocenters. The molecule has 2 N–H and O–H groups in total. The van der Waals surface area contributed by atoms with E-state index in [2.05, 4.69) is 26.6 Å². The zero-order valence-corrected chi connectivity index (χ0v) is 15.9. The van der Waals surface area contributed by atoms with Crippen molar-refractivity contribution < 1.29 is 9.59 Å². The van der Waals surface area contributed by atoms with E-state index in [1.165, 1.54) is 11.3 Å². The lowest BCUT2D eigenvalue weighted by molar-refractivity contribution is 0.0963. The second kappa shape index (κ2) is 7.49. The van der Waals surface area contributed by atoms with Crippen LogP contribution < -0.4 is 10.6 Å². The van der Waals surface area contributed by atoms with Crippen LogP contribution in [-0.4, -0.2) is 18.9 Å². The van der Waals surface area contributed by atoms with Crippen molar-refractivity contribution in [3.63, 3.8) is 0 Å². The van der Waals surface area contributed by atoms with Gasteiger partial charge in [-0.1, -0.05) is 28.4 Å². The highest BCUT2D eigenvalue weighted by Gasteiger charge is 2.25. The van der Waals surface area contributed by atoms with Crippen LogP contribution in [0.1, 0.15) is 50.4 Å². The van der Waals surface area contributed by atoms with Crippen LogP contribution in [0.4, 0.5) is 5.00 Å². The molecule has 0 saturated carbocycles. The molecule has 0 saturated heterocycles. The molecule has 2 aromatic rings. The van der Waals surface area contributed by atoms with Crippen LogP contribution in [0.2, 0.25) is 0 Å². The molecule has 1 aliphatic carbocycles. The number of rotatable bonds is 3. The molecule has 2 amide bonds. The van der Waals surface area contributed by atoms with Crippen LogP contribution in [0.15, 0.2) is 28.7 Å². The Balaban J connectivity index is 1.95. The predicted molar refractivity (Wildman–Crippen MR) is 101 cm³/mol. The molecule has 0 fully saturated rings. The van der Waals surface area contributed by atoms with Gasteiger partial charge in [0.25, 0.3) is 11.8 Å². The molecule has 1 heterocycles. The van der Waals surface area contributed by atoms with E-state index in [1.54, 1.807) is 30.5 Å². The van der Waals surface area contributed by atoms with E-state index < -0.39 is 0 Å². The maximum absolute atomic E-state index is 12.6. The van der Waals surface area contributed by atoms with E-state index in [1.807, 2.05) is 12.1 Å². The normalized spacial score (nSPS) is 13.8. The van der Waals surface area contributed by atoms with Gasteiger partial charge in [-0.25, -0.2) is 0 Å². The molecular weight excluding hydrogens is 388 g/mol. The van der Waals surface area contributed by atoms with E-state index in [0.29, 0.717) is 16.1 Å². The van der Waals surface area contributed by atoms with E-state index >= 15 is 0 Å². The molecule has 0 radical (unpaired) electrons. The third-order valence-electron chi connectivity index (χ3n) is 4.19. The molecule has 1 aliphatic rings. The van der Waals surface area contributed by atoms with E-state index in [4.69, 9.17) is 0 Å². The van der Waals surface area contributed by atoms with Gasteiger partial charge in [-0.3, -0.25) is 9.59 Å². The lowest BCUT2D eigenvalue weighted by Crippen LogP contribution is -2.21. The third kappa shape index (κ3) is 3.54. The number of aryl methyl sites for hydroxylation is 1. The first kappa shape index (κ1) is 17.2. The first-order chi connectivity index (χ1) is 11.6. The summed E-state index contributed by atoms with van der Waals surface area (Å²) in [5, 5.41) is 6.31. The average molecular weight is 407 g/mol. The summed E-state index contributed by atoms with van der Waals surface area (Å²) in [4.78, 5) is 26.2. The smallest absolute Gasteiger partial charge is 0.256 e. The molecule has 1 aromatic heterocycles. The van der Waals surface area contributed by atoms with E-state index in [9.17, 15) is 9.59 Å². The molecular formula is C18H19BrN2O2S. The minimum Gasteiger partial charge on any atom is -0.355 e. The first-order valence-electron chi connectivity index (χ1n) is 8.03. The number of benzene rings is 1. The van der Waals surface area contributed by atoms with Gasteiger partial charge in [0.1, 0.15) is 5.00 Å². The lowest BCUT2D eigenvalue weighted by atomic mass is 10.0. The second-order valence-electron chi connectivity index (χ2n) is 5.81. The average Bonchev–Trinajstić information content (AvgIpc) is 2.75. The number of hydrogen-bond acceptors (Lipinski definition) is 3. The Hall–Kier alpha value is -1.66. The predicted octanol–water partition coefficient (Wildman–Crippen LogP) is 4.39.